The van der Waals surface area contributed by atoms with Crippen LogP contribution in [0.1, 0.15) is 75.5 Å². The molecule has 2 N–H and O–H groups in total. The molecule has 7 heteroatoms. The number of carbonyl (C=O) groups is 2. The van der Waals surface area contributed by atoms with Crippen LogP contribution in [0.3, 0.4) is 0 Å². The summed E-state index contributed by atoms with van der Waals surface area (Å²) in [5.41, 5.74) is 2.88. The molecule has 2 amide bonds. The Hall–Kier alpha value is -2.08. The zero-order valence-corrected chi connectivity index (χ0v) is 22.3. The molecule has 190 valence electrons. The summed E-state index contributed by atoms with van der Waals surface area (Å²) in [5.74, 6) is 1.07. The Balaban J connectivity index is 1.40. The van der Waals surface area contributed by atoms with Crippen molar-refractivity contribution in [3.63, 3.8) is 0 Å². The van der Waals surface area contributed by atoms with Crippen LogP contribution in [0, 0.1) is 11.8 Å². The van der Waals surface area contributed by atoms with Crippen LogP contribution < -0.4 is 10.6 Å². The molecule has 0 saturated heterocycles. The van der Waals surface area contributed by atoms with E-state index in [1.807, 2.05) is 26.0 Å². The molecular weight excluding hydrogens is 483 g/mol. The lowest BCUT2D eigenvalue weighted by atomic mass is 9.77. The Morgan fingerprint density at radius 3 is 2.40 bits per heavy atom. The van der Waals surface area contributed by atoms with Gasteiger partial charge < -0.3 is 15.4 Å². The summed E-state index contributed by atoms with van der Waals surface area (Å²) in [4.78, 5) is 24.6. The standard InChI is InChI=1S/C28H36Cl2N2O3/c1-18(2)27(33)32-23-8-4-7-21(16-23)20-11-9-19(10-12-20)6-5-15-31-28(34)26(35-3)22-13-14-24(29)25(30)17-22/h4,7-8,13-14,16-20,26H,5-6,9-12,15H2,1-3H3,(H,31,34)(H,32,33). The first-order chi connectivity index (χ1) is 16.8. The molecule has 1 fully saturated rings. The van der Waals surface area contributed by atoms with E-state index in [0.717, 1.165) is 31.4 Å². The summed E-state index contributed by atoms with van der Waals surface area (Å²) in [7, 11) is 1.51. The highest BCUT2D eigenvalue weighted by molar-refractivity contribution is 6.42. The minimum Gasteiger partial charge on any atom is -0.367 e. The molecule has 0 aromatic heterocycles. The van der Waals surface area contributed by atoms with Crippen LogP contribution in [-0.4, -0.2) is 25.5 Å². The van der Waals surface area contributed by atoms with Crippen LogP contribution in [0.2, 0.25) is 10.0 Å². The molecule has 2 aromatic carbocycles. The summed E-state index contributed by atoms with van der Waals surface area (Å²) in [6.45, 7) is 4.42. The average Bonchev–Trinajstić information content (AvgIpc) is 2.85. The van der Waals surface area contributed by atoms with Gasteiger partial charge in [0.15, 0.2) is 6.10 Å². The van der Waals surface area contributed by atoms with Crippen molar-refractivity contribution in [2.24, 2.45) is 11.8 Å². The fourth-order valence-corrected chi connectivity index (χ4v) is 5.01. The van der Waals surface area contributed by atoms with Crippen molar-refractivity contribution in [2.75, 3.05) is 19.0 Å². The third-order valence-corrected chi connectivity index (χ3v) is 7.54. The molecule has 1 aliphatic carbocycles. The number of rotatable bonds is 10. The van der Waals surface area contributed by atoms with E-state index >= 15 is 0 Å². The molecule has 1 unspecified atom stereocenters. The van der Waals surface area contributed by atoms with Crippen molar-refractivity contribution < 1.29 is 14.3 Å². The summed E-state index contributed by atoms with van der Waals surface area (Å²) in [6, 6.07) is 13.4. The van der Waals surface area contributed by atoms with Gasteiger partial charge in [-0.2, -0.15) is 0 Å². The average molecular weight is 520 g/mol. The number of amides is 2. The van der Waals surface area contributed by atoms with Gasteiger partial charge in [0.2, 0.25) is 5.91 Å². The van der Waals surface area contributed by atoms with Gasteiger partial charge in [-0.25, -0.2) is 0 Å². The quantitative estimate of drug-likeness (QED) is 0.328. The van der Waals surface area contributed by atoms with Gasteiger partial charge in [0.05, 0.1) is 10.0 Å². The number of benzene rings is 2. The Kier molecular flexibility index (Phi) is 10.4. The fourth-order valence-electron chi connectivity index (χ4n) is 4.71. The smallest absolute Gasteiger partial charge is 0.253 e. The van der Waals surface area contributed by atoms with Crippen molar-refractivity contribution >= 4 is 40.7 Å². The largest absolute Gasteiger partial charge is 0.367 e. The molecular formula is C28H36Cl2N2O3. The van der Waals surface area contributed by atoms with Gasteiger partial charge >= 0.3 is 0 Å². The minimum absolute atomic E-state index is 0.0322. The maximum Gasteiger partial charge on any atom is 0.253 e. The third-order valence-electron chi connectivity index (χ3n) is 6.81. The molecule has 0 aliphatic heterocycles. The van der Waals surface area contributed by atoms with Gasteiger partial charge in [-0.15, -0.1) is 0 Å². The fraction of sp³-hybridized carbons (Fsp3) is 0.500. The van der Waals surface area contributed by atoms with Crippen molar-refractivity contribution in [2.45, 2.75) is 64.4 Å². The topological polar surface area (TPSA) is 67.4 Å². The lowest BCUT2D eigenvalue weighted by Gasteiger charge is -2.29. The van der Waals surface area contributed by atoms with E-state index in [-0.39, 0.29) is 17.7 Å². The highest BCUT2D eigenvalue weighted by Crippen LogP contribution is 2.38. The molecule has 2 aromatic rings. The first kappa shape index (κ1) is 27.5. The Morgan fingerprint density at radius 1 is 1.00 bits per heavy atom. The van der Waals surface area contributed by atoms with Gasteiger partial charge in [0.1, 0.15) is 0 Å². The number of nitrogens with one attached hydrogen (secondary N) is 2. The van der Waals surface area contributed by atoms with E-state index in [2.05, 4.69) is 22.8 Å². The van der Waals surface area contributed by atoms with Gasteiger partial charge in [-0.05, 0) is 85.8 Å². The van der Waals surface area contributed by atoms with E-state index in [1.54, 1.807) is 18.2 Å². The van der Waals surface area contributed by atoms with Gasteiger partial charge in [0.25, 0.3) is 5.91 Å². The summed E-state index contributed by atoms with van der Waals surface area (Å²) in [5, 5.41) is 6.86. The van der Waals surface area contributed by atoms with Gasteiger partial charge in [-0.3, -0.25) is 9.59 Å². The molecule has 5 nitrogen and oxygen atoms in total. The molecule has 0 radical (unpaired) electrons. The third kappa shape index (κ3) is 7.96. The predicted molar refractivity (Wildman–Crippen MR) is 143 cm³/mol. The van der Waals surface area contributed by atoms with Crippen molar-refractivity contribution in [1.29, 1.82) is 0 Å². The Labute approximate surface area is 218 Å². The maximum absolute atomic E-state index is 12.6. The number of methoxy groups -OCH3 is 1. The molecule has 3 rings (SSSR count). The number of hydrogen-bond donors (Lipinski definition) is 2. The highest BCUT2D eigenvalue weighted by atomic mass is 35.5. The SMILES string of the molecule is COC(C(=O)NCCCC1CCC(c2cccc(NC(=O)C(C)C)c2)CC1)c1ccc(Cl)c(Cl)c1. The minimum atomic E-state index is -0.707. The van der Waals surface area contributed by atoms with Crippen molar-refractivity contribution in [1.82, 2.24) is 5.32 Å². The van der Waals surface area contributed by atoms with E-state index < -0.39 is 6.10 Å². The van der Waals surface area contributed by atoms with Gasteiger partial charge in [0, 0.05) is 25.3 Å². The zero-order valence-electron chi connectivity index (χ0n) is 20.8. The number of hydrogen-bond acceptors (Lipinski definition) is 3. The lowest BCUT2D eigenvalue weighted by molar-refractivity contribution is -0.131. The second-order valence-corrected chi connectivity index (χ2v) is 10.5. The molecule has 0 spiro atoms. The van der Waals surface area contributed by atoms with E-state index in [9.17, 15) is 9.59 Å². The predicted octanol–water partition coefficient (Wildman–Crippen LogP) is 7.15. The van der Waals surface area contributed by atoms with Crippen LogP contribution in [-0.2, 0) is 14.3 Å². The second kappa shape index (κ2) is 13.3. The summed E-state index contributed by atoms with van der Waals surface area (Å²) < 4.78 is 5.40. The van der Waals surface area contributed by atoms with Crippen LogP contribution in [0.25, 0.3) is 0 Å². The number of ether oxygens (including phenoxy) is 1. The van der Waals surface area contributed by atoms with E-state index in [4.69, 9.17) is 27.9 Å². The van der Waals surface area contributed by atoms with Crippen molar-refractivity contribution in [3.05, 3.63) is 63.6 Å². The zero-order chi connectivity index (χ0) is 25.4. The molecule has 1 saturated carbocycles. The van der Waals surface area contributed by atoms with Crippen LogP contribution in [0.5, 0.6) is 0 Å². The lowest BCUT2D eigenvalue weighted by Crippen LogP contribution is -2.31. The first-order valence-corrected chi connectivity index (χ1v) is 13.2. The number of anilines is 1. The number of carbonyl (C=O) groups excluding carboxylic acids is 2. The normalized spacial score (nSPS) is 18.8. The molecule has 1 aliphatic rings. The van der Waals surface area contributed by atoms with Crippen LogP contribution in [0.15, 0.2) is 42.5 Å². The van der Waals surface area contributed by atoms with Crippen molar-refractivity contribution in [3.8, 4) is 0 Å². The molecule has 35 heavy (non-hydrogen) atoms. The second-order valence-electron chi connectivity index (χ2n) is 9.71. The Morgan fingerprint density at radius 2 is 1.74 bits per heavy atom. The molecule has 0 bridgehead atoms. The Bertz CT molecular complexity index is 1000. The van der Waals surface area contributed by atoms with Crippen LogP contribution >= 0.6 is 23.2 Å². The van der Waals surface area contributed by atoms with E-state index in [1.165, 1.54) is 25.5 Å². The van der Waals surface area contributed by atoms with Crippen LogP contribution in [0.4, 0.5) is 5.69 Å². The summed E-state index contributed by atoms with van der Waals surface area (Å²) >= 11 is 12.1. The number of halogens is 2. The van der Waals surface area contributed by atoms with Gasteiger partial charge in [-0.1, -0.05) is 55.2 Å². The molecule has 0 heterocycles. The molecule has 1 atom stereocenters. The van der Waals surface area contributed by atoms with E-state index in [0.29, 0.717) is 34.0 Å². The monoisotopic (exact) mass is 518 g/mol. The first-order valence-electron chi connectivity index (χ1n) is 12.4. The highest BCUT2D eigenvalue weighted by Gasteiger charge is 2.24. The maximum atomic E-state index is 12.6. The summed E-state index contributed by atoms with van der Waals surface area (Å²) in [6.07, 6.45) is 6.01.